The molecule has 1 aliphatic heterocycles. The van der Waals surface area contributed by atoms with E-state index < -0.39 is 20.9 Å². The van der Waals surface area contributed by atoms with E-state index in [4.69, 9.17) is 0 Å². The molecule has 11 nitrogen and oxygen atoms in total. The molecular formula is C23H23N5O6S. The summed E-state index contributed by atoms with van der Waals surface area (Å²) in [6.45, 7) is 1.83. The van der Waals surface area contributed by atoms with Crippen molar-refractivity contribution in [2.75, 3.05) is 18.4 Å². The van der Waals surface area contributed by atoms with Crippen molar-refractivity contribution < 1.29 is 23.2 Å². The molecule has 1 aromatic heterocycles. The first kappa shape index (κ1) is 24.2. The van der Waals surface area contributed by atoms with Crippen LogP contribution in [0.15, 0.2) is 59.8 Å². The van der Waals surface area contributed by atoms with Gasteiger partial charge in [-0.2, -0.15) is 4.31 Å². The Morgan fingerprint density at radius 1 is 1.14 bits per heavy atom. The molecule has 2 heterocycles. The zero-order chi connectivity index (χ0) is 25.2. The minimum atomic E-state index is -3.93. The molecule has 1 fully saturated rings. The van der Waals surface area contributed by atoms with Crippen LogP contribution < -0.4 is 5.32 Å². The average Bonchev–Trinajstić information content (AvgIpc) is 2.84. The summed E-state index contributed by atoms with van der Waals surface area (Å²) in [6, 6.07) is 10.3. The minimum absolute atomic E-state index is 0.0949. The number of nitrogens with one attached hydrogen (secondary N) is 1. The van der Waals surface area contributed by atoms with Crippen molar-refractivity contribution in [3.63, 3.8) is 0 Å². The van der Waals surface area contributed by atoms with Crippen molar-refractivity contribution in [3.8, 4) is 17.1 Å². The highest BCUT2D eigenvalue weighted by Gasteiger charge is 2.33. The van der Waals surface area contributed by atoms with Crippen molar-refractivity contribution in [2.45, 2.75) is 24.7 Å². The lowest BCUT2D eigenvalue weighted by atomic mass is 9.97. The molecule has 0 unspecified atom stereocenters. The second-order valence-corrected chi connectivity index (χ2v) is 10.1. The summed E-state index contributed by atoms with van der Waals surface area (Å²) in [5.74, 6) is -0.174. The van der Waals surface area contributed by atoms with Gasteiger partial charge in [-0.15, -0.1) is 0 Å². The van der Waals surface area contributed by atoms with Crippen molar-refractivity contribution in [2.24, 2.45) is 5.92 Å². The first-order valence-corrected chi connectivity index (χ1v) is 12.3. The third-order valence-electron chi connectivity index (χ3n) is 5.85. The number of nitro benzene ring substituents is 1. The number of sulfonamides is 1. The molecule has 182 valence electrons. The molecule has 0 atom stereocenters. The number of hydrogen-bond acceptors (Lipinski definition) is 8. The SMILES string of the molecule is Cc1ccc([N+](=O)[O-])cc1S(=O)(=O)N1CCC(C(=O)Nc2cnc(-c3cccc(O)c3)nc2)CC1. The number of rotatable bonds is 6. The number of amides is 1. The Labute approximate surface area is 201 Å². The first-order chi connectivity index (χ1) is 16.6. The summed E-state index contributed by atoms with van der Waals surface area (Å²) in [5.41, 5.74) is 1.17. The predicted octanol–water partition coefficient (Wildman–Crippen LogP) is 3.11. The molecular weight excluding hydrogens is 474 g/mol. The number of aromatic hydroxyl groups is 1. The van der Waals surface area contributed by atoms with Gasteiger partial charge >= 0.3 is 0 Å². The maximum atomic E-state index is 13.1. The Kier molecular flexibility index (Phi) is 6.76. The molecule has 12 heteroatoms. The van der Waals surface area contributed by atoms with Crippen molar-refractivity contribution in [1.82, 2.24) is 14.3 Å². The predicted molar refractivity (Wildman–Crippen MR) is 127 cm³/mol. The summed E-state index contributed by atoms with van der Waals surface area (Å²) >= 11 is 0. The van der Waals surface area contributed by atoms with Crippen LogP contribution in [-0.2, 0) is 14.8 Å². The number of benzene rings is 2. The van der Waals surface area contributed by atoms with Crippen LogP contribution in [0.2, 0.25) is 0 Å². The second kappa shape index (κ2) is 9.76. The number of phenols is 1. The van der Waals surface area contributed by atoms with Gasteiger partial charge in [0.05, 0.1) is 27.9 Å². The normalized spacial score (nSPS) is 15.0. The lowest BCUT2D eigenvalue weighted by Gasteiger charge is -2.30. The van der Waals surface area contributed by atoms with E-state index in [-0.39, 0.29) is 35.3 Å². The first-order valence-electron chi connectivity index (χ1n) is 10.8. The Morgan fingerprint density at radius 3 is 2.46 bits per heavy atom. The lowest BCUT2D eigenvalue weighted by molar-refractivity contribution is -0.385. The number of piperidine rings is 1. The maximum absolute atomic E-state index is 13.1. The lowest BCUT2D eigenvalue weighted by Crippen LogP contribution is -2.41. The van der Waals surface area contributed by atoms with E-state index in [0.29, 0.717) is 35.5 Å². The number of nitro groups is 1. The van der Waals surface area contributed by atoms with Gasteiger partial charge in [0.2, 0.25) is 15.9 Å². The number of nitrogens with zero attached hydrogens (tertiary/aromatic N) is 4. The number of carbonyl (C=O) groups is 1. The molecule has 0 saturated carbocycles. The molecule has 2 N–H and O–H groups in total. The largest absolute Gasteiger partial charge is 0.508 e. The Morgan fingerprint density at radius 2 is 1.83 bits per heavy atom. The van der Waals surface area contributed by atoms with E-state index in [1.807, 2.05) is 0 Å². The average molecular weight is 498 g/mol. The van der Waals surface area contributed by atoms with Crippen LogP contribution in [-0.4, -0.2) is 51.7 Å². The van der Waals surface area contributed by atoms with E-state index in [0.717, 1.165) is 6.07 Å². The molecule has 0 bridgehead atoms. The van der Waals surface area contributed by atoms with E-state index in [1.165, 1.54) is 34.9 Å². The molecule has 2 aromatic carbocycles. The van der Waals surface area contributed by atoms with Gasteiger partial charge < -0.3 is 10.4 Å². The third kappa shape index (κ3) is 5.28. The fourth-order valence-corrected chi connectivity index (χ4v) is 5.62. The van der Waals surface area contributed by atoms with Crippen molar-refractivity contribution in [1.29, 1.82) is 0 Å². The molecule has 3 aromatic rings. The standard InChI is InChI=1S/C23H23N5O6S/c1-15-5-6-19(28(31)32)12-21(15)35(33,34)27-9-7-16(8-10-27)23(30)26-18-13-24-22(25-14-18)17-3-2-4-20(29)11-17/h2-6,11-14,16,29H,7-10H2,1H3,(H,26,30). The van der Waals surface area contributed by atoms with Gasteiger partial charge in [-0.25, -0.2) is 18.4 Å². The van der Waals surface area contributed by atoms with E-state index in [1.54, 1.807) is 25.1 Å². The molecule has 1 aliphatic rings. The maximum Gasteiger partial charge on any atom is 0.270 e. The minimum Gasteiger partial charge on any atom is -0.508 e. The fraction of sp³-hybridized carbons (Fsp3) is 0.261. The van der Waals surface area contributed by atoms with Crippen LogP contribution in [0.25, 0.3) is 11.4 Å². The monoisotopic (exact) mass is 497 g/mol. The van der Waals surface area contributed by atoms with Crippen LogP contribution in [0.4, 0.5) is 11.4 Å². The van der Waals surface area contributed by atoms with Crippen LogP contribution in [0, 0.1) is 23.0 Å². The number of anilines is 1. The zero-order valence-electron chi connectivity index (χ0n) is 18.8. The van der Waals surface area contributed by atoms with Gasteiger partial charge in [0.15, 0.2) is 5.82 Å². The van der Waals surface area contributed by atoms with E-state index in [2.05, 4.69) is 15.3 Å². The summed E-state index contributed by atoms with van der Waals surface area (Å²) in [6.07, 6.45) is 3.55. The number of phenolic OH excluding ortho intramolecular Hbond substituents is 1. The number of aromatic nitrogens is 2. The number of hydrogen-bond donors (Lipinski definition) is 2. The van der Waals surface area contributed by atoms with Gasteiger partial charge in [0, 0.05) is 36.7 Å². The zero-order valence-corrected chi connectivity index (χ0v) is 19.6. The highest BCUT2D eigenvalue weighted by molar-refractivity contribution is 7.89. The number of non-ortho nitro benzene ring substituents is 1. The van der Waals surface area contributed by atoms with E-state index >= 15 is 0 Å². The molecule has 35 heavy (non-hydrogen) atoms. The fourth-order valence-electron chi connectivity index (χ4n) is 3.91. The van der Waals surface area contributed by atoms with Gasteiger partial charge in [-0.3, -0.25) is 14.9 Å². The highest BCUT2D eigenvalue weighted by Crippen LogP contribution is 2.29. The van der Waals surface area contributed by atoms with Gasteiger partial charge in [-0.1, -0.05) is 18.2 Å². The Hall–Kier alpha value is -3.90. The second-order valence-electron chi connectivity index (χ2n) is 8.22. The molecule has 0 radical (unpaired) electrons. The summed E-state index contributed by atoms with van der Waals surface area (Å²) in [7, 11) is -3.93. The third-order valence-corrected chi connectivity index (χ3v) is 7.89. The van der Waals surface area contributed by atoms with Crippen molar-refractivity contribution in [3.05, 3.63) is 70.5 Å². The van der Waals surface area contributed by atoms with Gasteiger partial charge in [-0.05, 0) is 37.5 Å². The molecule has 4 rings (SSSR count). The highest BCUT2D eigenvalue weighted by atomic mass is 32.2. The summed E-state index contributed by atoms with van der Waals surface area (Å²) in [5, 5.41) is 23.4. The summed E-state index contributed by atoms with van der Waals surface area (Å²) < 4.78 is 27.4. The van der Waals surface area contributed by atoms with Crippen LogP contribution in [0.3, 0.4) is 0 Å². The summed E-state index contributed by atoms with van der Waals surface area (Å²) in [4.78, 5) is 31.5. The molecule has 0 spiro atoms. The van der Waals surface area contributed by atoms with Crippen LogP contribution in [0.5, 0.6) is 5.75 Å². The van der Waals surface area contributed by atoms with Crippen LogP contribution >= 0.6 is 0 Å². The Balaban J connectivity index is 1.38. The Bertz CT molecular complexity index is 1370. The van der Waals surface area contributed by atoms with Gasteiger partial charge in [0.25, 0.3) is 5.69 Å². The van der Waals surface area contributed by atoms with E-state index in [9.17, 15) is 28.4 Å². The molecule has 0 aliphatic carbocycles. The van der Waals surface area contributed by atoms with Gasteiger partial charge in [0.1, 0.15) is 5.75 Å². The smallest absolute Gasteiger partial charge is 0.270 e. The van der Waals surface area contributed by atoms with Crippen molar-refractivity contribution >= 4 is 27.3 Å². The number of aryl methyl sites for hydroxylation is 1. The molecule has 1 amide bonds. The topological polar surface area (TPSA) is 156 Å². The number of carbonyl (C=O) groups excluding carboxylic acids is 1. The molecule has 1 saturated heterocycles. The quantitative estimate of drug-likeness (QED) is 0.389. The van der Waals surface area contributed by atoms with Crippen LogP contribution in [0.1, 0.15) is 18.4 Å².